The van der Waals surface area contributed by atoms with Crippen LogP contribution in [-0.2, 0) is 22.8 Å². The summed E-state index contributed by atoms with van der Waals surface area (Å²) in [5.74, 6) is -0.243. The molecule has 0 radical (unpaired) electrons. The molecule has 0 saturated heterocycles. The standard InChI is InChI=1S/C31H45FN6O2SSi/c1-20(2)27-28(23-11-12-26(32)25(16-23)22(4)36-41(39)31(5,6)7)35-38(19-40-13-14-42(8,9)10)29(27)24-15-21(3)30-33-18-34-37(30)17-24/h11-12,15-18,20,22,36H,13-14,19H2,1-10H3. The highest BCUT2D eigenvalue weighted by Gasteiger charge is 2.30. The number of nitrogens with zero attached hydrogens (tertiary/aromatic N) is 5. The first kappa shape index (κ1) is 32.3. The molecular formula is C31H45FN6O2SSi. The van der Waals surface area contributed by atoms with E-state index in [-0.39, 0.29) is 11.7 Å². The van der Waals surface area contributed by atoms with E-state index in [1.165, 1.54) is 6.07 Å². The third-order valence-electron chi connectivity index (χ3n) is 7.18. The van der Waals surface area contributed by atoms with Crippen molar-refractivity contribution in [3.8, 4) is 22.5 Å². The van der Waals surface area contributed by atoms with Gasteiger partial charge in [-0.05, 0) is 76.4 Å². The summed E-state index contributed by atoms with van der Waals surface area (Å²) in [6.45, 7) is 21.8. The molecule has 0 aliphatic carbocycles. The summed E-state index contributed by atoms with van der Waals surface area (Å²) < 4.78 is 40.5. The SMILES string of the molecule is Cc1cc(-c2c(C(C)C)c(-c3ccc(F)c(C(C)N[S+]([O-])C(C)(C)C)c3)nn2COCC[Si](C)(C)C)cn2ncnc12. The van der Waals surface area contributed by atoms with Crippen molar-refractivity contribution in [2.75, 3.05) is 6.61 Å². The van der Waals surface area contributed by atoms with Crippen LogP contribution in [0.2, 0.25) is 25.7 Å². The Morgan fingerprint density at radius 1 is 1.12 bits per heavy atom. The third kappa shape index (κ3) is 7.31. The maximum atomic E-state index is 15.2. The lowest BCUT2D eigenvalue weighted by atomic mass is 9.92. The quantitative estimate of drug-likeness (QED) is 0.109. The van der Waals surface area contributed by atoms with Gasteiger partial charge in [0, 0.05) is 54.5 Å². The van der Waals surface area contributed by atoms with Crippen LogP contribution in [0.25, 0.3) is 28.2 Å². The van der Waals surface area contributed by atoms with Crippen LogP contribution in [0, 0.1) is 12.7 Å². The molecule has 228 valence electrons. The van der Waals surface area contributed by atoms with E-state index in [4.69, 9.17) is 9.84 Å². The zero-order valence-corrected chi connectivity index (χ0v) is 28.4. The highest BCUT2D eigenvalue weighted by Crippen LogP contribution is 2.39. The van der Waals surface area contributed by atoms with Gasteiger partial charge in [-0.25, -0.2) is 18.6 Å². The Balaban J connectivity index is 1.83. The van der Waals surface area contributed by atoms with Crippen LogP contribution >= 0.6 is 0 Å². The fourth-order valence-corrected chi connectivity index (χ4v) is 6.37. The lowest BCUT2D eigenvalue weighted by molar-refractivity contribution is 0.0799. The molecule has 1 N–H and O–H groups in total. The number of hydrogen-bond acceptors (Lipinski definition) is 6. The van der Waals surface area contributed by atoms with E-state index in [9.17, 15) is 4.55 Å². The van der Waals surface area contributed by atoms with Crippen molar-refractivity contribution in [1.82, 2.24) is 29.1 Å². The van der Waals surface area contributed by atoms with E-state index in [1.54, 1.807) is 16.9 Å². The van der Waals surface area contributed by atoms with E-state index in [2.05, 4.69) is 54.4 Å². The van der Waals surface area contributed by atoms with Crippen LogP contribution in [0.15, 0.2) is 36.8 Å². The Hall–Kier alpha value is -2.57. The van der Waals surface area contributed by atoms with Gasteiger partial charge in [-0.15, -0.1) is 4.72 Å². The summed E-state index contributed by atoms with van der Waals surface area (Å²) in [4.78, 5) is 4.38. The highest BCUT2D eigenvalue weighted by atomic mass is 32.2. The lowest BCUT2D eigenvalue weighted by Gasteiger charge is -2.26. The van der Waals surface area contributed by atoms with Crippen LogP contribution in [-0.4, -0.2) is 48.4 Å². The zero-order valence-electron chi connectivity index (χ0n) is 26.6. The number of ether oxygens (including phenoxy) is 1. The summed E-state index contributed by atoms with van der Waals surface area (Å²) in [7, 11) is -1.26. The summed E-state index contributed by atoms with van der Waals surface area (Å²) in [5, 5.41) is 9.49. The van der Waals surface area contributed by atoms with E-state index in [1.807, 2.05) is 51.6 Å². The van der Waals surface area contributed by atoms with Gasteiger partial charge in [0.25, 0.3) is 0 Å². The number of pyridine rings is 1. The summed E-state index contributed by atoms with van der Waals surface area (Å²) in [6.07, 6.45) is 3.53. The van der Waals surface area contributed by atoms with Gasteiger partial charge >= 0.3 is 0 Å². The van der Waals surface area contributed by atoms with Crippen molar-refractivity contribution in [3.63, 3.8) is 0 Å². The molecule has 11 heteroatoms. The number of hydrogen-bond donors (Lipinski definition) is 1. The van der Waals surface area contributed by atoms with Crippen molar-refractivity contribution in [2.24, 2.45) is 0 Å². The fraction of sp³-hybridized carbons (Fsp3) is 0.516. The average molecular weight is 613 g/mol. The molecule has 42 heavy (non-hydrogen) atoms. The molecular weight excluding hydrogens is 568 g/mol. The Bertz CT molecular complexity index is 1540. The summed E-state index contributed by atoms with van der Waals surface area (Å²) in [6, 6.07) is 7.77. The minimum Gasteiger partial charge on any atom is -0.598 e. The molecule has 2 unspecified atom stereocenters. The molecule has 0 saturated carbocycles. The van der Waals surface area contributed by atoms with E-state index >= 15 is 4.39 Å². The summed E-state index contributed by atoms with van der Waals surface area (Å²) in [5.41, 5.74) is 6.77. The zero-order chi connectivity index (χ0) is 31.0. The van der Waals surface area contributed by atoms with Crippen molar-refractivity contribution in [3.05, 3.63) is 59.3 Å². The molecule has 0 amide bonds. The smallest absolute Gasteiger partial charge is 0.158 e. The molecule has 0 fully saturated rings. The number of rotatable bonds is 11. The van der Waals surface area contributed by atoms with Gasteiger partial charge in [-0.1, -0.05) is 33.5 Å². The Morgan fingerprint density at radius 3 is 2.48 bits per heavy atom. The number of aryl methyl sites for hydroxylation is 1. The molecule has 0 bridgehead atoms. The van der Waals surface area contributed by atoms with Crippen LogP contribution in [0.5, 0.6) is 0 Å². The summed E-state index contributed by atoms with van der Waals surface area (Å²) >= 11 is -1.35. The van der Waals surface area contributed by atoms with E-state index in [0.29, 0.717) is 18.9 Å². The van der Waals surface area contributed by atoms with Crippen LogP contribution in [0.1, 0.15) is 70.2 Å². The van der Waals surface area contributed by atoms with Crippen molar-refractivity contribution < 1.29 is 13.7 Å². The first-order chi connectivity index (χ1) is 19.6. The first-order valence-corrected chi connectivity index (χ1v) is 19.4. The van der Waals surface area contributed by atoms with Gasteiger partial charge in [0.1, 0.15) is 23.6 Å². The number of aromatic nitrogens is 5. The molecule has 0 aliphatic rings. The number of fused-ring (bicyclic) bond motifs is 1. The third-order valence-corrected chi connectivity index (χ3v) is 10.6. The predicted octanol–water partition coefficient (Wildman–Crippen LogP) is 7.26. The van der Waals surface area contributed by atoms with Crippen molar-refractivity contribution in [2.45, 2.75) is 97.6 Å². The van der Waals surface area contributed by atoms with Crippen LogP contribution in [0.4, 0.5) is 4.39 Å². The van der Waals surface area contributed by atoms with Gasteiger partial charge in [0.15, 0.2) is 5.65 Å². The number of halogens is 1. The first-order valence-electron chi connectivity index (χ1n) is 14.5. The molecule has 8 nitrogen and oxygen atoms in total. The lowest BCUT2D eigenvalue weighted by Crippen LogP contribution is -2.40. The predicted molar refractivity (Wildman–Crippen MR) is 172 cm³/mol. The van der Waals surface area contributed by atoms with Gasteiger partial charge in [-0.3, -0.25) is 0 Å². The Kier molecular flexibility index (Phi) is 9.68. The normalized spacial score (nSPS) is 14.2. The Morgan fingerprint density at radius 2 is 1.83 bits per heavy atom. The molecule has 1 aromatic carbocycles. The minimum atomic E-state index is -1.35. The van der Waals surface area contributed by atoms with Crippen LogP contribution in [0.3, 0.4) is 0 Å². The van der Waals surface area contributed by atoms with Gasteiger partial charge < -0.3 is 9.29 Å². The second-order valence-electron chi connectivity index (χ2n) is 13.5. The Labute approximate surface area is 253 Å². The molecule has 4 aromatic rings. The van der Waals surface area contributed by atoms with E-state index in [0.717, 1.165) is 45.3 Å². The van der Waals surface area contributed by atoms with Gasteiger partial charge in [0.05, 0.1) is 17.4 Å². The van der Waals surface area contributed by atoms with Gasteiger partial charge in [0.2, 0.25) is 0 Å². The average Bonchev–Trinajstić information content (AvgIpc) is 3.51. The van der Waals surface area contributed by atoms with E-state index < -0.39 is 30.2 Å². The molecule has 2 atom stereocenters. The largest absolute Gasteiger partial charge is 0.598 e. The molecule has 4 rings (SSSR count). The topological polar surface area (TPSA) is 92.3 Å². The second-order valence-corrected chi connectivity index (χ2v) is 21.1. The second kappa shape index (κ2) is 12.6. The monoisotopic (exact) mass is 612 g/mol. The van der Waals surface area contributed by atoms with Crippen LogP contribution < -0.4 is 4.72 Å². The molecule has 0 spiro atoms. The van der Waals surface area contributed by atoms with Crippen molar-refractivity contribution in [1.29, 1.82) is 0 Å². The van der Waals surface area contributed by atoms with Gasteiger partial charge in [-0.2, -0.15) is 10.2 Å². The molecule has 3 aromatic heterocycles. The number of benzene rings is 1. The minimum absolute atomic E-state index is 0.106. The molecule has 0 aliphatic heterocycles. The number of nitrogens with one attached hydrogen (secondary N) is 1. The fourth-order valence-electron chi connectivity index (χ4n) is 4.81. The highest BCUT2D eigenvalue weighted by molar-refractivity contribution is 7.90. The van der Waals surface area contributed by atoms with Crippen molar-refractivity contribution >= 4 is 25.1 Å². The molecule has 3 heterocycles. The maximum absolute atomic E-state index is 15.2. The maximum Gasteiger partial charge on any atom is 0.158 e.